The van der Waals surface area contributed by atoms with Crippen LogP contribution in [0, 0.1) is 0 Å². The molecular formula is C19H28N6O. The minimum atomic E-state index is -0.269. The van der Waals surface area contributed by atoms with E-state index in [4.69, 9.17) is 0 Å². The number of aromatic nitrogens is 3. The maximum Gasteiger partial charge on any atom is 0.321 e. The van der Waals surface area contributed by atoms with Crippen molar-refractivity contribution in [1.82, 2.24) is 25.0 Å². The Morgan fingerprint density at radius 2 is 1.88 bits per heavy atom. The molecule has 0 bridgehead atoms. The molecule has 0 saturated carbocycles. The molecule has 7 nitrogen and oxygen atoms in total. The van der Waals surface area contributed by atoms with Crippen molar-refractivity contribution in [3.8, 4) is 0 Å². The van der Waals surface area contributed by atoms with Crippen LogP contribution in [0.25, 0.3) is 0 Å². The summed E-state index contributed by atoms with van der Waals surface area (Å²) in [7, 11) is 0. The molecule has 1 aliphatic rings. The second kappa shape index (κ2) is 9.33. The van der Waals surface area contributed by atoms with Gasteiger partial charge in [-0.3, -0.25) is 14.9 Å². The molecule has 1 fully saturated rings. The number of aryl methyl sites for hydroxylation is 1. The van der Waals surface area contributed by atoms with Crippen LogP contribution in [0.2, 0.25) is 0 Å². The van der Waals surface area contributed by atoms with E-state index in [0.29, 0.717) is 12.5 Å². The number of nitrogens with one attached hydrogen (secondary N) is 2. The van der Waals surface area contributed by atoms with Gasteiger partial charge in [-0.15, -0.1) is 5.10 Å². The Morgan fingerprint density at radius 1 is 1.15 bits per heavy atom. The van der Waals surface area contributed by atoms with Gasteiger partial charge in [0.1, 0.15) is 6.33 Å². The number of hydrogen-bond donors (Lipinski definition) is 2. The number of nitrogens with zero attached hydrogens (tertiary/aromatic N) is 4. The molecule has 3 rings (SSSR count). The Balaban J connectivity index is 1.62. The molecule has 140 valence electrons. The molecule has 26 heavy (non-hydrogen) atoms. The molecule has 0 radical (unpaired) electrons. The number of carbonyl (C=O) groups is 1. The van der Waals surface area contributed by atoms with Crippen LogP contribution in [-0.2, 0) is 6.54 Å². The van der Waals surface area contributed by atoms with E-state index in [1.807, 2.05) is 13.0 Å². The van der Waals surface area contributed by atoms with Gasteiger partial charge in [0.05, 0.1) is 6.04 Å². The first-order valence-electron chi connectivity index (χ1n) is 9.49. The molecule has 2 heterocycles. The van der Waals surface area contributed by atoms with Gasteiger partial charge in [0, 0.05) is 13.1 Å². The summed E-state index contributed by atoms with van der Waals surface area (Å²) in [6.45, 7) is 5.41. The van der Waals surface area contributed by atoms with Gasteiger partial charge in [-0.05, 0) is 38.4 Å². The molecule has 2 amide bonds. The maximum atomic E-state index is 12.3. The highest BCUT2D eigenvalue weighted by Crippen LogP contribution is 2.23. The van der Waals surface area contributed by atoms with Crippen LogP contribution >= 0.6 is 0 Å². The Labute approximate surface area is 154 Å². The highest BCUT2D eigenvalue weighted by atomic mass is 16.2. The normalized spacial score (nSPS) is 16.7. The zero-order chi connectivity index (χ0) is 18.2. The molecule has 2 N–H and O–H groups in total. The summed E-state index contributed by atoms with van der Waals surface area (Å²) in [6.07, 6.45) is 6.62. The average molecular weight is 356 g/mol. The highest BCUT2D eigenvalue weighted by molar-refractivity contribution is 5.87. The molecule has 1 aromatic carbocycles. The van der Waals surface area contributed by atoms with Crippen LogP contribution in [-0.4, -0.2) is 45.3 Å². The number of amides is 2. The van der Waals surface area contributed by atoms with E-state index in [-0.39, 0.29) is 12.1 Å². The Hall–Kier alpha value is -2.41. The fraction of sp³-hybridized carbons (Fsp3) is 0.526. The predicted molar refractivity (Wildman–Crippen MR) is 102 cm³/mol. The second-order valence-corrected chi connectivity index (χ2v) is 6.64. The van der Waals surface area contributed by atoms with E-state index >= 15 is 0 Å². The standard InChI is InChI=1S/C19H28N6O/c1-2-25-15-21-18(23-25)22-19(26)20-14-17(16-10-6-5-7-11-16)24-12-8-3-4-9-13-24/h5-7,10-11,15,17H,2-4,8-9,12-14H2,1H3,(H2,20,22,23,26). The molecule has 1 unspecified atom stereocenters. The summed E-state index contributed by atoms with van der Waals surface area (Å²) in [5.41, 5.74) is 1.24. The maximum absolute atomic E-state index is 12.3. The van der Waals surface area contributed by atoms with Gasteiger partial charge < -0.3 is 5.32 Å². The van der Waals surface area contributed by atoms with Crippen molar-refractivity contribution in [3.63, 3.8) is 0 Å². The summed E-state index contributed by atoms with van der Waals surface area (Å²) < 4.78 is 1.68. The van der Waals surface area contributed by atoms with Gasteiger partial charge in [-0.2, -0.15) is 0 Å². The predicted octanol–water partition coefficient (Wildman–Crippen LogP) is 3.04. The lowest BCUT2D eigenvalue weighted by atomic mass is 10.0. The first-order valence-corrected chi connectivity index (χ1v) is 9.49. The van der Waals surface area contributed by atoms with Crippen molar-refractivity contribution in [2.75, 3.05) is 25.0 Å². The summed E-state index contributed by atoms with van der Waals surface area (Å²) in [4.78, 5) is 18.8. The third-order valence-corrected chi connectivity index (χ3v) is 4.81. The van der Waals surface area contributed by atoms with E-state index in [0.717, 1.165) is 19.6 Å². The molecule has 7 heteroatoms. The van der Waals surface area contributed by atoms with E-state index in [1.165, 1.54) is 31.2 Å². The van der Waals surface area contributed by atoms with Gasteiger partial charge in [0.2, 0.25) is 5.95 Å². The van der Waals surface area contributed by atoms with Crippen LogP contribution in [0.3, 0.4) is 0 Å². The molecule has 1 aliphatic heterocycles. The quantitative estimate of drug-likeness (QED) is 0.834. The molecule has 1 atom stereocenters. The van der Waals surface area contributed by atoms with E-state index in [1.54, 1.807) is 11.0 Å². The zero-order valence-electron chi connectivity index (χ0n) is 15.4. The number of hydrogen-bond acceptors (Lipinski definition) is 4. The van der Waals surface area contributed by atoms with Gasteiger partial charge in [-0.25, -0.2) is 9.78 Å². The van der Waals surface area contributed by atoms with E-state index in [2.05, 4.69) is 49.9 Å². The third-order valence-electron chi connectivity index (χ3n) is 4.81. The lowest BCUT2D eigenvalue weighted by Crippen LogP contribution is -2.40. The van der Waals surface area contributed by atoms with Crippen molar-refractivity contribution in [2.24, 2.45) is 0 Å². The first kappa shape index (κ1) is 18.4. The van der Waals surface area contributed by atoms with Crippen molar-refractivity contribution in [1.29, 1.82) is 0 Å². The van der Waals surface area contributed by atoms with Gasteiger partial charge >= 0.3 is 6.03 Å². The number of likely N-dealkylation sites (tertiary alicyclic amines) is 1. The Bertz CT molecular complexity index is 678. The SMILES string of the molecule is CCn1cnc(NC(=O)NCC(c2ccccc2)N2CCCCCC2)n1. The minimum absolute atomic E-state index is 0.182. The minimum Gasteiger partial charge on any atom is -0.336 e. The number of anilines is 1. The first-order chi connectivity index (χ1) is 12.8. The molecule has 1 saturated heterocycles. The molecule has 1 aromatic heterocycles. The number of rotatable bonds is 6. The summed E-state index contributed by atoms with van der Waals surface area (Å²) in [5, 5.41) is 9.88. The van der Waals surface area contributed by atoms with Crippen molar-refractivity contribution in [2.45, 2.75) is 45.2 Å². The van der Waals surface area contributed by atoms with Crippen LogP contribution < -0.4 is 10.6 Å². The lowest BCUT2D eigenvalue weighted by Gasteiger charge is -2.31. The summed E-state index contributed by atoms with van der Waals surface area (Å²) in [5.74, 6) is 0.329. The number of carbonyl (C=O) groups excluding carboxylic acids is 1. The molecule has 0 spiro atoms. The zero-order valence-corrected chi connectivity index (χ0v) is 15.4. The van der Waals surface area contributed by atoms with Crippen LogP contribution in [0.1, 0.15) is 44.2 Å². The van der Waals surface area contributed by atoms with E-state index < -0.39 is 0 Å². The molecular weight excluding hydrogens is 328 g/mol. The van der Waals surface area contributed by atoms with Gasteiger partial charge in [-0.1, -0.05) is 43.2 Å². The fourth-order valence-electron chi connectivity index (χ4n) is 3.38. The van der Waals surface area contributed by atoms with Crippen molar-refractivity contribution >= 4 is 12.0 Å². The smallest absolute Gasteiger partial charge is 0.321 e. The fourth-order valence-corrected chi connectivity index (χ4v) is 3.38. The lowest BCUT2D eigenvalue weighted by molar-refractivity contribution is 0.198. The second-order valence-electron chi connectivity index (χ2n) is 6.64. The van der Waals surface area contributed by atoms with Crippen LogP contribution in [0.5, 0.6) is 0 Å². The topological polar surface area (TPSA) is 75.1 Å². The van der Waals surface area contributed by atoms with Gasteiger partial charge in [0.15, 0.2) is 0 Å². The average Bonchev–Trinajstić information content (AvgIpc) is 2.95. The molecule has 0 aliphatic carbocycles. The summed E-state index contributed by atoms with van der Waals surface area (Å²) >= 11 is 0. The van der Waals surface area contributed by atoms with Crippen LogP contribution in [0.15, 0.2) is 36.7 Å². The molecule has 2 aromatic rings. The number of urea groups is 1. The van der Waals surface area contributed by atoms with Crippen molar-refractivity contribution in [3.05, 3.63) is 42.2 Å². The highest BCUT2D eigenvalue weighted by Gasteiger charge is 2.22. The summed E-state index contributed by atoms with van der Waals surface area (Å²) in [6, 6.07) is 10.3. The largest absolute Gasteiger partial charge is 0.336 e. The third kappa shape index (κ3) is 5.05. The van der Waals surface area contributed by atoms with Gasteiger partial charge in [0.25, 0.3) is 0 Å². The Morgan fingerprint density at radius 3 is 2.54 bits per heavy atom. The van der Waals surface area contributed by atoms with E-state index in [9.17, 15) is 4.79 Å². The monoisotopic (exact) mass is 356 g/mol. The Kier molecular flexibility index (Phi) is 6.60. The van der Waals surface area contributed by atoms with Crippen molar-refractivity contribution < 1.29 is 4.79 Å². The van der Waals surface area contributed by atoms with Crippen LogP contribution in [0.4, 0.5) is 10.7 Å². The number of benzene rings is 1.